The molecule has 3 aromatic rings. The Labute approximate surface area is 207 Å². The van der Waals surface area contributed by atoms with E-state index in [1.807, 2.05) is 23.1 Å². The molecule has 184 valence electrons. The maximum absolute atomic E-state index is 13.6. The number of nitrogens with zero attached hydrogens (tertiary/aromatic N) is 3. The summed E-state index contributed by atoms with van der Waals surface area (Å²) in [4.78, 5) is 17.9. The van der Waals surface area contributed by atoms with E-state index in [4.69, 9.17) is 9.26 Å². The van der Waals surface area contributed by atoms with Gasteiger partial charge in [0.1, 0.15) is 5.69 Å². The lowest BCUT2D eigenvalue weighted by Crippen LogP contribution is -2.37. The van der Waals surface area contributed by atoms with E-state index in [-0.39, 0.29) is 11.8 Å². The molecule has 0 unspecified atom stereocenters. The summed E-state index contributed by atoms with van der Waals surface area (Å²) in [5, 5.41) is 4.54. The highest BCUT2D eigenvalue weighted by atomic mass is 16.5. The standard InChI is InChI=1S/C29H35N3O3/c1-34-19-9-17-31(28(33)24-13-6-7-14-24)21-26-27(23-11-3-2-4-12-23)30-35-29(26)32-18-16-22-10-5-8-15-25(22)20-32/h2-5,8,10-12,15,24H,6-7,9,13-14,16-21H2,1H3. The van der Waals surface area contributed by atoms with Crippen molar-refractivity contribution >= 4 is 11.8 Å². The Hall–Kier alpha value is -3.12. The topological polar surface area (TPSA) is 58.8 Å². The third kappa shape index (κ3) is 5.27. The van der Waals surface area contributed by atoms with E-state index < -0.39 is 0 Å². The van der Waals surface area contributed by atoms with Crippen LogP contribution in [0.25, 0.3) is 11.3 Å². The van der Waals surface area contributed by atoms with Crippen LogP contribution in [0.2, 0.25) is 0 Å². The predicted molar refractivity (Wildman–Crippen MR) is 137 cm³/mol. The van der Waals surface area contributed by atoms with Gasteiger partial charge in [-0.2, -0.15) is 0 Å². The molecule has 1 fully saturated rings. The highest BCUT2D eigenvalue weighted by molar-refractivity contribution is 5.80. The Kier molecular flexibility index (Phi) is 7.48. The number of fused-ring (bicyclic) bond motifs is 1. The van der Waals surface area contributed by atoms with Crippen LogP contribution in [0, 0.1) is 5.92 Å². The van der Waals surface area contributed by atoms with Crippen LogP contribution in [-0.4, -0.2) is 42.8 Å². The molecule has 0 saturated heterocycles. The molecule has 1 aromatic heterocycles. The average molecular weight is 474 g/mol. The summed E-state index contributed by atoms with van der Waals surface area (Å²) < 4.78 is 11.4. The number of aromatic nitrogens is 1. The second-order valence-corrected chi connectivity index (χ2v) is 9.71. The summed E-state index contributed by atoms with van der Waals surface area (Å²) in [5.41, 5.74) is 5.56. The summed E-state index contributed by atoms with van der Waals surface area (Å²) in [6, 6.07) is 18.8. The minimum atomic E-state index is 0.128. The number of hydrogen-bond donors (Lipinski definition) is 0. The first-order valence-electron chi connectivity index (χ1n) is 12.9. The lowest BCUT2D eigenvalue weighted by Gasteiger charge is -2.30. The van der Waals surface area contributed by atoms with Crippen molar-refractivity contribution in [3.05, 3.63) is 71.3 Å². The molecule has 35 heavy (non-hydrogen) atoms. The number of amides is 1. The lowest BCUT2D eigenvalue weighted by molar-refractivity contribution is -0.136. The predicted octanol–water partition coefficient (Wildman–Crippen LogP) is 5.46. The summed E-state index contributed by atoms with van der Waals surface area (Å²) in [6.07, 6.45) is 6.05. The van der Waals surface area contributed by atoms with Crippen LogP contribution < -0.4 is 4.90 Å². The van der Waals surface area contributed by atoms with Crippen molar-refractivity contribution in [1.29, 1.82) is 0 Å². The molecule has 1 aliphatic heterocycles. The van der Waals surface area contributed by atoms with Gasteiger partial charge in [0.2, 0.25) is 11.8 Å². The molecule has 6 nitrogen and oxygen atoms in total. The Morgan fingerprint density at radius 3 is 2.60 bits per heavy atom. The van der Waals surface area contributed by atoms with Crippen molar-refractivity contribution in [2.24, 2.45) is 5.92 Å². The molecule has 2 heterocycles. The zero-order chi connectivity index (χ0) is 24.0. The molecule has 0 atom stereocenters. The van der Waals surface area contributed by atoms with Crippen LogP contribution in [0.4, 0.5) is 5.88 Å². The first kappa shape index (κ1) is 23.6. The van der Waals surface area contributed by atoms with Crippen LogP contribution in [0.5, 0.6) is 0 Å². The number of carbonyl (C=O) groups excluding carboxylic acids is 1. The first-order chi connectivity index (χ1) is 17.2. The normalized spacial score (nSPS) is 15.9. The zero-order valence-electron chi connectivity index (χ0n) is 20.6. The van der Waals surface area contributed by atoms with E-state index in [0.717, 1.165) is 74.3 Å². The number of benzene rings is 2. The summed E-state index contributed by atoms with van der Waals surface area (Å²) in [5.74, 6) is 1.17. The molecule has 0 N–H and O–H groups in total. The highest BCUT2D eigenvalue weighted by Crippen LogP contribution is 2.36. The lowest BCUT2D eigenvalue weighted by atomic mass is 9.99. The van der Waals surface area contributed by atoms with Gasteiger partial charge in [-0.1, -0.05) is 72.6 Å². The van der Waals surface area contributed by atoms with Crippen LogP contribution >= 0.6 is 0 Å². The fourth-order valence-corrected chi connectivity index (χ4v) is 5.47. The van der Waals surface area contributed by atoms with Crippen molar-refractivity contribution in [2.75, 3.05) is 31.7 Å². The van der Waals surface area contributed by atoms with Gasteiger partial charge < -0.3 is 19.1 Å². The Bertz CT molecular complexity index is 1120. The van der Waals surface area contributed by atoms with E-state index >= 15 is 0 Å². The number of ether oxygens (including phenoxy) is 1. The smallest absolute Gasteiger partial charge is 0.233 e. The van der Waals surface area contributed by atoms with E-state index in [9.17, 15) is 4.79 Å². The number of methoxy groups -OCH3 is 1. The van der Waals surface area contributed by atoms with Crippen LogP contribution in [-0.2, 0) is 29.0 Å². The number of carbonyl (C=O) groups is 1. The molecule has 0 bridgehead atoms. The van der Waals surface area contributed by atoms with Gasteiger partial charge >= 0.3 is 0 Å². The van der Waals surface area contributed by atoms with E-state index in [0.29, 0.717) is 19.7 Å². The minimum absolute atomic E-state index is 0.128. The van der Waals surface area contributed by atoms with Crippen LogP contribution in [0.1, 0.15) is 48.8 Å². The number of rotatable bonds is 9. The van der Waals surface area contributed by atoms with Gasteiger partial charge in [-0.25, -0.2) is 0 Å². The van der Waals surface area contributed by atoms with Crippen molar-refractivity contribution in [1.82, 2.24) is 10.1 Å². The molecule has 5 rings (SSSR count). The monoisotopic (exact) mass is 473 g/mol. The summed E-state index contributed by atoms with van der Waals surface area (Å²) in [6.45, 7) is 3.46. The summed E-state index contributed by atoms with van der Waals surface area (Å²) >= 11 is 0. The fourth-order valence-electron chi connectivity index (χ4n) is 5.47. The van der Waals surface area contributed by atoms with Gasteiger partial charge in [-0.15, -0.1) is 0 Å². The third-order valence-corrected chi connectivity index (χ3v) is 7.37. The second kappa shape index (κ2) is 11.1. The molecule has 1 amide bonds. The number of hydrogen-bond acceptors (Lipinski definition) is 5. The first-order valence-corrected chi connectivity index (χ1v) is 12.9. The number of anilines is 1. The summed E-state index contributed by atoms with van der Waals surface area (Å²) in [7, 11) is 1.71. The van der Waals surface area contributed by atoms with Gasteiger partial charge in [0.05, 0.1) is 12.1 Å². The zero-order valence-corrected chi connectivity index (χ0v) is 20.6. The van der Waals surface area contributed by atoms with E-state index in [1.165, 1.54) is 11.1 Å². The molecule has 2 aliphatic rings. The van der Waals surface area contributed by atoms with Crippen LogP contribution in [0.15, 0.2) is 59.1 Å². The molecule has 1 aliphatic carbocycles. The maximum Gasteiger partial charge on any atom is 0.233 e. The Morgan fingerprint density at radius 1 is 1.09 bits per heavy atom. The van der Waals surface area contributed by atoms with Crippen molar-refractivity contribution in [3.63, 3.8) is 0 Å². The molecular weight excluding hydrogens is 438 g/mol. The molecule has 0 radical (unpaired) electrons. The van der Waals surface area contributed by atoms with Crippen molar-refractivity contribution in [2.45, 2.75) is 51.6 Å². The van der Waals surface area contributed by atoms with Crippen molar-refractivity contribution in [3.8, 4) is 11.3 Å². The molecule has 0 spiro atoms. The van der Waals surface area contributed by atoms with Crippen LogP contribution in [0.3, 0.4) is 0 Å². The Balaban J connectivity index is 1.48. The molecule has 6 heteroatoms. The van der Waals surface area contributed by atoms with Gasteiger partial charge in [0.15, 0.2) is 0 Å². The molecular formula is C29H35N3O3. The molecule has 2 aromatic carbocycles. The van der Waals surface area contributed by atoms with Crippen molar-refractivity contribution < 1.29 is 14.1 Å². The van der Waals surface area contributed by atoms with E-state index in [2.05, 4.69) is 46.5 Å². The van der Waals surface area contributed by atoms with Gasteiger partial charge in [0.25, 0.3) is 0 Å². The maximum atomic E-state index is 13.6. The quantitative estimate of drug-likeness (QED) is 0.386. The minimum Gasteiger partial charge on any atom is -0.385 e. The average Bonchev–Trinajstić information content (AvgIpc) is 3.59. The van der Waals surface area contributed by atoms with E-state index in [1.54, 1.807) is 7.11 Å². The fraction of sp³-hybridized carbons (Fsp3) is 0.448. The van der Waals surface area contributed by atoms with Gasteiger partial charge in [-0.3, -0.25) is 4.79 Å². The SMILES string of the molecule is COCCCN(Cc1c(-c2ccccc2)noc1N1CCc2ccccc2C1)C(=O)C1CCCC1. The second-order valence-electron chi connectivity index (χ2n) is 9.71. The van der Waals surface area contributed by atoms with Gasteiger partial charge in [-0.05, 0) is 36.8 Å². The van der Waals surface area contributed by atoms with Gasteiger partial charge in [0, 0.05) is 44.8 Å². The highest BCUT2D eigenvalue weighted by Gasteiger charge is 2.31. The largest absolute Gasteiger partial charge is 0.385 e. The third-order valence-electron chi connectivity index (χ3n) is 7.37. The Morgan fingerprint density at radius 2 is 1.83 bits per heavy atom. The molecule has 1 saturated carbocycles.